The lowest BCUT2D eigenvalue weighted by Crippen LogP contribution is -2.51. The van der Waals surface area contributed by atoms with Crippen molar-refractivity contribution in [1.29, 1.82) is 0 Å². The minimum atomic E-state index is -2.41. The van der Waals surface area contributed by atoms with Gasteiger partial charge >= 0.3 is 0 Å². The number of pyridine rings is 2. The molecule has 5 aromatic rings. The van der Waals surface area contributed by atoms with Crippen LogP contribution in [-0.2, 0) is 21.7 Å². The van der Waals surface area contributed by atoms with Crippen molar-refractivity contribution < 1.29 is 28.8 Å². The van der Waals surface area contributed by atoms with E-state index < -0.39 is 19.8 Å². The van der Waals surface area contributed by atoms with Crippen molar-refractivity contribution in [2.24, 2.45) is 5.92 Å². The second kappa shape index (κ2) is 14.4. The lowest BCUT2D eigenvalue weighted by atomic mass is 9.82. The molecule has 11 nitrogen and oxygen atoms in total. The van der Waals surface area contributed by atoms with E-state index in [1.165, 1.54) is 28.5 Å². The summed E-state index contributed by atoms with van der Waals surface area (Å²) < 4.78 is 26.2. The average molecular weight is 748 g/mol. The molecule has 2 aromatic heterocycles. The number of amides is 1. The zero-order valence-electron chi connectivity index (χ0n) is 31.3. The van der Waals surface area contributed by atoms with Crippen LogP contribution in [-0.4, -0.2) is 62.3 Å². The summed E-state index contributed by atoms with van der Waals surface area (Å²) in [5.41, 5.74) is 1.41. The third kappa shape index (κ3) is 5.94. The number of nitrogens with zero attached hydrogens (tertiary/aromatic N) is 3. The molecule has 1 spiro atoms. The van der Waals surface area contributed by atoms with Crippen molar-refractivity contribution in [3.8, 4) is 28.6 Å². The van der Waals surface area contributed by atoms with Crippen LogP contribution in [0, 0.1) is 5.92 Å². The maximum atomic E-state index is 15.3. The van der Waals surface area contributed by atoms with Gasteiger partial charge in [-0.25, -0.2) is 0 Å². The Bertz CT molecular complexity index is 2300. The fraction of sp³-hybridized carbons (Fsp3) is 0.310. The third-order valence-electron chi connectivity index (χ3n) is 11.3. The van der Waals surface area contributed by atoms with Gasteiger partial charge < -0.3 is 29.0 Å². The zero-order valence-corrected chi connectivity index (χ0v) is 32.3. The first-order chi connectivity index (χ1) is 26.0. The summed E-state index contributed by atoms with van der Waals surface area (Å²) in [4.78, 5) is 43.4. The van der Waals surface area contributed by atoms with Gasteiger partial charge in [0.1, 0.15) is 5.75 Å². The summed E-state index contributed by atoms with van der Waals surface area (Å²) in [6.07, 6.45) is 3.32. The van der Waals surface area contributed by atoms with Crippen LogP contribution in [0.2, 0.25) is 18.6 Å². The number of methoxy groups -OCH3 is 3. The van der Waals surface area contributed by atoms with Gasteiger partial charge in [0.15, 0.2) is 17.1 Å². The van der Waals surface area contributed by atoms with Crippen molar-refractivity contribution in [2.45, 2.75) is 50.2 Å². The highest BCUT2D eigenvalue weighted by molar-refractivity contribution is 6.91. The summed E-state index contributed by atoms with van der Waals surface area (Å²) in [7, 11) is 2.16. The first kappa shape index (κ1) is 36.9. The molecule has 3 aromatic carbocycles. The molecule has 4 heterocycles. The molecule has 2 aliphatic heterocycles. The van der Waals surface area contributed by atoms with Crippen molar-refractivity contribution in [2.75, 3.05) is 32.8 Å². The Kier molecular flexibility index (Phi) is 9.86. The van der Waals surface area contributed by atoms with Crippen LogP contribution in [0.1, 0.15) is 24.5 Å². The van der Waals surface area contributed by atoms with Gasteiger partial charge in [0.25, 0.3) is 17.0 Å². The molecule has 0 bridgehead atoms. The Hall–Kier alpha value is -5.43. The lowest BCUT2D eigenvalue weighted by Gasteiger charge is -2.37. The van der Waals surface area contributed by atoms with E-state index in [-0.39, 0.29) is 53.1 Å². The van der Waals surface area contributed by atoms with E-state index in [1.807, 2.05) is 54.6 Å². The molecule has 1 fully saturated rings. The van der Waals surface area contributed by atoms with Crippen molar-refractivity contribution in [3.63, 3.8) is 0 Å². The summed E-state index contributed by atoms with van der Waals surface area (Å²) in [6.45, 7) is 6.83. The summed E-state index contributed by atoms with van der Waals surface area (Å²) >= 11 is 0. The number of carbonyl (C=O) groups is 1. The highest BCUT2D eigenvalue weighted by Crippen LogP contribution is 2.60. The van der Waals surface area contributed by atoms with Crippen LogP contribution < -0.4 is 35.4 Å². The molecule has 54 heavy (non-hydrogen) atoms. The van der Waals surface area contributed by atoms with Gasteiger partial charge in [0.05, 0.1) is 47.7 Å². The predicted molar refractivity (Wildman–Crippen MR) is 210 cm³/mol. The fourth-order valence-electron chi connectivity index (χ4n) is 8.62. The number of aliphatic hydroxyl groups is 1. The molecule has 1 saturated heterocycles. The highest BCUT2D eigenvalue weighted by Gasteiger charge is 2.66. The first-order valence-electron chi connectivity index (χ1n) is 18.0. The molecule has 1 N–H and O–H groups in total. The zero-order chi connectivity index (χ0) is 38.4. The van der Waals surface area contributed by atoms with Crippen LogP contribution >= 0.6 is 0 Å². The molecule has 7 rings (SSSR count). The Morgan fingerprint density at radius 1 is 0.778 bits per heavy atom. The number of rotatable bonds is 11. The Morgan fingerprint density at radius 3 is 1.94 bits per heavy atom. The van der Waals surface area contributed by atoms with E-state index >= 15 is 4.79 Å². The standard InChI is InChI=1S/C42H45N3O8Si/c1-27-38(54(5,6)32-18-16-31(50-2)17-19-32)35(21-24-46)53-42(27)33-25-30(44-23-8-10-37(52-4)40(44)48)15-20-34(33)45(41(42)49)26-28-11-13-29(14-12-28)43-22-7-9-36(51-3)39(43)47/h7-20,22-23,25,27,35,38,46H,21,24,26H2,1-6H3/t27-,35+,38-,42+/m0/s1. The molecule has 0 unspecified atom stereocenters. The number of ether oxygens (including phenoxy) is 4. The molecule has 1 amide bonds. The summed E-state index contributed by atoms with van der Waals surface area (Å²) in [5, 5.41) is 11.5. The SMILES string of the molecule is COc1ccc([Si](C)(C)[C@@H]2[C@@H](CCO)O[C@]3(C(=O)N(Cc4ccc(-n5cccc(OC)c5=O)cc4)c4ccc(-n5cccc(OC)c5=O)cc43)[C@H]2C)cc1. The number of anilines is 1. The molecule has 12 heteroatoms. The molecule has 0 aliphatic carbocycles. The van der Waals surface area contributed by atoms with E-state index in [9.17, 15) is 14.7 Å². The van der Waals surface area contributed by atoms with Crippen LogP contribution in [0.25, 0.3) is 11.4 Å². The van der Waals surface area contributed by atoms with Gasteiger partial charge in [0.2, 0.25) is 0 Å². The van der Waals surface area contributed by atoms with E-state index in [1.54, 1.807) is 48.7 Å². The second-order valence-electron chi connectivity index (χ2n) is 14.4. The number of fused-ring (bicyclic) bond motifs is 2. The fourth-order valence-corrected chi connectivity index (χ4v) is 12.7. The normalized spacial score (nSPS) is 20.7. The van der Waals surface area contributed by atoms with E-state index in [0.717, 1.165) is 11.3 Å². The first-order valence-corrected chi connectivity index (χ1v) is 21.1. The second-order valence-corrected chi connectivity index (χ2v) is 19.1. The van der Waals surface area contributed by atoms with E-state index in [0.29, 0.717) is 29.0 Å². The number of aliphatic hydroxyl groups excluding tert-OH is 1. The molecule has 280 valence electrons. The molecular formula is C42H45N3O8Si. The quantitative estimate of drug-likeness (QED) is 0.184. The van der Waals surface area contributed by atoms with Gasteiger partial charge in [-0.15, -0.1) is 0 Å². The minimum absolute atomic E-state index is 0.0570. The molecule has 0 radical (unpaired) electrons. The molecule has 4 atom stereocenters. The number of aromatic nitrogens is 2. The smallest absolute Gasteiger partial charge is 0.297 e. The number of benzene rings is 3. The minimum Gasteiger partial charge on any atom is -0.497 e. The Morgan fingerprint density at radius 2 is 1.37 bits per heavy atom. The van der Waals surface area contributed by atoms with Gasteiger partial charge in [-0.05, 0) is 84.3 Å². The molecular weight excluding hydrogens is 703 g/mol. The highest BCUT2D eigenvalue weighted by atomic mass is 28.3. The van der Waals surface area contributed by atoms with Crippen molar-refractivity contribution >= 4 is 24.9 Å². The predicted octanol–water partition coefficient (Wildman–Crippen LogP) is 5.16. The largest absolute Gasteiger partial charge is 0.497 e. The van der Waals surface area contributed by atoms with Gasteiger partial charge in [0, 0.05) is 41.9 Å². The van der Waals surface area contributed by atoms with Crippen LogP contribution in [0.5, 0.6) is 17.2 Å². The van der Waals surface area contributed by atoms with Crippen LogP contribution in [0.4, 0.5) is 5.69 Å². The average Bonchev–Trinajstić information content (AvgIpc) is 3.61. The van der Waals surface area contributed by atoms with Gasteiger partial charge in [-0.3, -0.25) is 23.5 Å². The van der Waals surface area contributed by atoms with Crippen molar-refractivity contribution in [1.82, 2.24) is 9.13 Å². The van der Waals surface area contributed by atoms with Gasteiger partial charge in [-0.2, -0.15) is 0 Å². The molecule has 2 aliphatic rings. The van der Waals surface area contributed by atoms with Crippen LogP contribution in [0.15, 0.2) is 113 Å². The maximum absolute atomic E-state index is 15.3. The number of hydrogen-bond acceptors (Lipinski definition) is 8. The summed E-state index contributed by atoms with van der Waals surface area (Å²) in [5.74, 6) is 0.711. The monoisotopic (exact) mass is 747 g/mol. The maximum Gasteiger partial charge on any atom is 0.297 e. The number of hydrogen-bond donors (Lipinski definition) is 1. The third-order valence-corrected chi connectivity index (χ3v) is 15.7. The Balaban J connectivity index is 1.34. The van der Waals surface area contributed by atoms with Crippen LogP contribution in [0.3, 0.4) is 0 Å². The van der Waals surface area contributed by atoms with Gasteiger partial charge in [-0.1, -0.05) is 49.5 Å². The van der Waals surface area contributed by atoms with E-state index in [4.69, 9.17) is 18.9 Å². The lowest BCUT2D eigenvalue weighted by molar-refractivity contribution is -0.146. The topological polar surface area (TPSA) is 121 Å². The Labute approximate surface area is 314 Å². The van der Waals surface area contributed by atoms with Crippen molar-refractivity contribution in [3.05, 3.63) is 135 Å². The molecule has 0 saturated carbocycles. The number of carbonyl (C=O) groups excluding carboxylic acids is 1. The summed E-state index contributed by atoms with van der Waals surface area (Å²) in [6, 6.07) is 28.0. The van der Waals surface area contributed by atoms with E-state index in [2.05, 4.69) is 32.2 Å².